The average molecular weight is 807 g/mol. The molecule has 0 spiro atoms. The van der Waals surface area contributed by atoms with Crippen molar-refractivity contribution in [1.82, 2.24) is 10.2 Å². The summed E-state index contributed by atoms with van der Waals surface area (Å²) in [5.41, 5.74) is 2.40. The molecule has 3 aromatic carbocycles. The van der Waals surface area contributed by atoms with Crippen molar-refractivity contribution in [3.05, 3.63) is 123 Å². The zero-order chi connectivity index (χ0) is 39.8. The molecule has 296 valence electrons. The number of halogens is 3. The number of benzene rings is 3. The summed E-state index contributed by atoms with van der Waals surface area (Å²) in [5, 5.41) is 6.72. The van der Waals surface area contributed by atoms with Gasteiger partial charge < -0.3 is 29.6 Å². The van der Waals surface area contributed by atoms with Crippen molar-refractivity contribution in [2.75, 3.05) is 45.7 Å². The standard InChI is InChI=1S/C43H46Cl2FN3O7/c1-4-26-8-14-34(44)33(35(45)20-26)23-37(29-11-15-36(53-2)38(22-29)54-3)55-40(50)24-47-42(51)30-6-5-7-32(21-30)48-41(28-9-12-31(46)13-10-28)43(52)56-39-25-49-18-16-27(39)17-19-49/h5-15,20-22,26-27,37,39,41,48H,4,16-19,23-25H2,1-3H3,(H,47,51). The van der Waals surface area contributed by atoms with E-state index >= 15 is 0 Å². The molecule has 13 heteroatoms. The number of ether oxygens (including phenoxy) is 4. The van der Waals surface area contributed by atoms with E-state index in [0.29, 0.717) is 56.4 Å². The van der Waals surface area contributed by atoms with E-state index in [1.165, 1.54) is 38.5 Å². The highest BCUT2D eigenvalue weighted by Gasteiger charge is 2.38. The lowest BCUT2D eigenvalue weighted by molar-refractivity contribution is -0.160. The first-order valence-corrected chi connectivity index (χ1v) is 19.5. The first kappa shape index (κ1) is 40.8. The smallest absolute Gasteiger partial charge is 0.333 e. The number of methoxy groups -OCH3 is 2. The molecular formula is C43H46Cl2FN3O7. The number of anilines is 1. The van der Waals surface area contributed by atoms with Crippen LogP contribution in [0.5, 0.6) is 11.5 Å². The number of hydrogen-bond acceptors (Lipinski definition) is 9. The fourth-order valence-electron chi connectivity index (χ4n) is 7.25. The van der Waals surface area contributed by atoms with E-state index in [1.807, 2.05) is 19.1 Å². The molecule has 1 aliphatic carbocycles. The van der Waals surface area contributed by atoms with Gasteiger partial charge in [0.15, 0.2) is 17.5 Å². The first-order chi connectivity index (χ1) is 27.0. The van der Waals surface area contributed by atoms with Crippen LogP contribution in [-0.4, -0.2) is 69.2 Å². The van der Waals surface area contributed by atoms with Crippen LogP contribution >= 0.6 is 23.2 Å². The third kappa shape index (κ3) is 10.1. The second kappa shape index (κ2) is 18.9. The van der Waals surface area contributed by atoms with E-state index in [2.05, 4.69) is 15.5 Å². The van der Waals surface area contributed by atoms with Gasteiger partial charge in [-0.3, -0.25) is 14.5 Å². The lowest BCUT2D eigenvalue weighted by atomic mass is 9.86. The average Bonchev–Trinajstić information content (AvgIpc) is 3.35. The Morgan fingerprint density at radius 3 is 2.36 bits per heavy atom. The Morgan fingerprint density at radius 1 is 0.946 bits per heavy atom. The number of fused-ring (bicyclic) bond motifs is 3. The van der Waals surface area contributed by atoms with Crippen molar-refractivity contribution >= 4 is 46.7 Å². The quantitative estimate of drug-likeness (QED) is 0.147. The molecule has 4 aliphatic rings. The highest BCUT2D eigenvalue weighted by molar-refractivity contribution is 6.36. The molecule has 3 heterocycles. The van der Waals surface area contributed by atoms with Crippen LogP contribution in [0.4, 0.5) is 10.1 Å². The second-order valence-electron chi connectivity index (χ2n) is 14.1. The van der Waals surface area contributed by atoms with E-state index in [1.54, 1.807) is 48.5 Å². The van der Waals surface area contributed by atoms with Crippen LogP contribution in [0, 0.1) is 17.7 Å². The zero-order valence-electron chi connectivity index (χ0n) is 31.6. The van der Waals surface area contributed by atoms with Gasteiger partial charge in [0, 0.05) is 34.3 Å². The fraction of sp³-hybridized carbons (Fsp3) is 0.372. The molecule has 7 rings (SSSR count). The predicted octanol–water partition coefficient (Wildman–Crippen LogP) is 8.25. The Kier molecular flexibility index (Phi) is 13.7. The number of hydrogen-bond donors (Lipinski definition) is 2. The molecule has 10 nitrogen and oxygen atoms in total. The van der Waals surface area contributed by atoms with Gasteiger partial charge in [0.25, 0.3) is 5.91 Å². The third-order valence-corrected chi connectivity index (χ3v) is 11.2. The van der Waals surface area contributed by atoms with Gasteiger partial charge in [0.2, 0.25) is 0 Å². The highest BCUT2D eigenvalue weighted by Crippen LogP contribution is 2.39. The molecule has 56 heavy (non-hydrogen) atoms. The van der Waals surface area contributed by atoms with Gasteiger partial charge in [-0.05, 0) is 109 Å². The summed E-state index contributed by atoms with van der Waals surface area (Å²) in [5.74, 6) is -0.830. The molecule has 1 amide bonds. The summed E-state index contributed by atoms with van der Waals surface area (Å²) in [4.78, 5) is 42.8. The van der Waals surface area contributed by atoms with Gasteiger partial charge in [-0.15, -0.1) is 0 Å². The summed E-state index contributed by atoms with van der Waals surface area (Å²) in [6.45, 7) is 4.29. The van der Waals surface area contributed by atoms with Crippen LogP contribution in [-0.2, 0) is 19.1 Å². The van der Waals surface area contributed by atoms with Gasteiger partial charge in [0.05, 0.1) is 14.2 Å². The number of esters is 2. The van der Waals surface area contributed by atoms with Gasteiger partial charge >= 0.3 is 11.9 Å². The molecule has 0 radical (unpaired) electrons. The number of rotatable bonds is 15. The topological polar surface area (TPSA) is 115 Å². The maximum Gasteiger partial charge on any atom is 0.333 e. The molecule has 2 N–H and O–H groups in total. The van der Waals surface area contributed by atoms with Gasteiger partial charge in [-0.1, -0.05) is 66.5 Å². The van der Waals surface area contributed by atoms with Crippen LogP contribution in [0.3, 0.4) is 0 Å². The van der Waals surface area contributed by atoms with E-state index < -0.39 is 42.4 Å². The zero-order valence-corrected chi connectivity index (χ0v) is 33.1. The number of nitrogens with zero attached hydrogens (tertiary/aromatic N) is 1. The first-order valence-electron chi connectivity index (χ1n) is 18.7. The Hall–Kier alpha value is -4.84. The van der Waals surface area contributed by atoms with Crippen molar-refractivity contribution in [2.24, 2.45) is 11.8 Å². The van der Waals surface area contributed by atoms with Crippen LogP contribution in [0.15, 0.2) is 101 Å². The normalized spacial score (nSPS) is 21.3. The number of amides is 1. The summed E-state index contributed by atoms with van der Waals surface area (Å²) in [7, 11) is 3.04. The number of carbonyl (C=O) groups is 3. The summed E-state index contributed by atoms with van der Waals surface area (Å²) in [6, 6.07) is 16.4. The van der Waals surface area contributed by atoms with E-state index in [9.17, 15) is 18.8 Å². The van der Waals surface area contributed by atoms with E-state index in [4.69, 9.17) is 42.1 Å². The Morgan fingerprint density at radius 2 is 1.68 bits per heavy atom. The maximum atomic E-state index is 13.9. The molecule has 4 atom stereocenters. The molecule has 4 unspecified atom stereocenters. The second-order valence-corrected chi connectivity index (χ2v) is 14.9. The van der Waals surface area contributed by atoms with Crippen molar-refractivity contribution in [2.45, 2.75) is 50.9 Å². The van der Waals surface area contributed by atoms with Crippen LogP contribution < -0.4 is 20.1 Å². The Bertz CT molecular complexity index is 1990. The minimum Gasteiger partial charge on any atom is -0.493 e. The van der Waals surface area contributed by atoms with E-state index in [0.717, 1.165) is 32.4 Å². The minimum atomic E-state index is -0.961. The fourth-order valence-corrected chi connectivity index (χ4v) is 7.89. The van der Waals surface area contributed by atoms with Gasteiger partial charge in [-0.25, -0.2) is 9.18 Å². The molecule has 3 aliphatic heterocycles. The monoisotopic (exact) mass is 805 g/mol. The molecular weight excluding hydrogens is 760 g/mol. The predicted molar refractivity (Wildman–Crippen MR) is 213 cm³/mol. The SMILES string of the molecule is CCC1C=CC(Cl)=C(CC(OC(=O)CNC(=O)c2cccc(NC(C(=O)OC3CN4CCC3CC4)c3ccc(F)cc3)c2)c2ccc(OC)c(OC)c2)C(Cl)=C1. The van der Waals surface area contributed by atoms with Crippen molar-refractivity contribution in [1.29, 1.82) is 0 Å². The Labute approximate surface area is 336 Å². The largest absolute Gasteiger partial charge is 0.493 e. The lowest BCUT2D eigenvalue weighted by Crippen LogP contribution is -2.52. The molecule has 0 aromatic heterocycles. The number of nitrogens with one attached hydrogen (secondary N) is 2. The highest BCUT2D eigenvalue weighted by atomic mass is 35.5. The summed E-state index contributed by atoms with van der Waals surface area (Å²) >= 11 is 13.4. The van der Waals surface area contributed by atoms with Crippen molar-refractivity contribution in [3.63, 3.8) is 0 Å². The summed E-state index contributed by atoms with van der Waals surface area (Å²) in [6.07, 6.45) is 7.55. The number of carbonyl (C=O) groups excluding carboxylic acids is 3. The van der Waals surface area contributed by atoms with Crippen LogP contribution in [0.2, 0.25) is 0 Å². The third-order valence-electron chi connectivity index (χ3n) is 10.5. The van der Waals surface area contributed by atoms with Crippen molar-refractivity contribution < 1.29 is 37.7 Å². The van der Waals surface area contributed by atoms with Gasteiger partial charge in [0.1, 0.15) is 24.6 Å². The lowest BCUT2D eigenvalue weighted by Gasteiger charge is -2.44. The molecule has 0 saturated carbocycles. The number of piperidine rings is 3. The minimum absolute atomic E-state index is 0.0948. The molecule has 3 saturated heterocycles. The van der Waals surface area contributed by atoms with Crippen LogP contribution in [0.1, 0.15) is 66.2 Å². The van der Waals surface area contributed by atoms with Crippen LogP contribution in [0.25, 0.3) is 0 Å². The maximum absolute atomic E-state index is 13.9. The number of allylic oxidation sites excluding steroid dienone is 5. The van der Waals surface area contributed by atoms with Crippen molar-refractivity contribution in [3.8, 4) is 11.5 Å². The molecule has 2 bridgehead atoms. The molecule has 3 fully saturated rings. The van der Waals surface area contributed by atoms with Gasteiger partial charge in [-0.2, -0.15) is 0 Å². The summed E-state index contributed by atoms with van der Waals surface area (Å²) < 4.78 is 36.8. The molecule has 3 aromatic rings. The Balaban J connectivity index is 1.15. The van der Waals surface area contributed by atoms with E-state index in [-0.39, 0.29) is 24.0 Å².